The number of aryl methyl sites for hydroxylation is 1. The Kier molecular flexibility index (Phi) is 7.35. The lowest BCUT2D eigenvalue weighted by molar-refractivity contribution is 0.660. The highest BCUT2D eigenvalue weighted by atomic mass is 15.1. The van der Waals surface area contributed by atoms with Gasteiger partial charge in [-0.1, -0.05) is 177 Å². The summed E-state index contributed by atoms with van der Waals surface area (Å²) in [5.74, 6) is 0. The van der Waals surface area contributed by atoms with Gasteiger partial charge in [-0.25, -0.2) is 0 Å². The Hall–Kier alpha value is -6.44. The average Bonchev–Trinajstić information content (AvgIpc) is 3.64. The largest absolute Gasteiger partial charge is 0.310 e. The maximum absolute atomic E-state index is 2.48. The van der Waals surface area contributed by atoms with Crippen molar-refractivity contribution in [2.45, 2.75) is 31.6 Å². The fourth-order valence-electron chi connectivity index (χ4n) is 9.44. The van der Waals surface area contributed by atoms with E-state index in [9.17, 15) is 0 Å². The van der Waals surface area contributed by atoms with Crippen LogP contribution < -0.4 is 4.90 Å². The lowest BCUT2D eigenvalue weighted by Crippen LogP contribution is -2.29. The van der Waals surface area contributed by atoms with Crippen LogP contribution in [0.15, 0.2) is 194 Å². The van der Waals surface area contributed by atoms with Crippen LogP contribution in [-0.2, 0) is 10.8 Å². The number of hydrogen-bond acceptors (Lipinski definition) is 1. The van der Waals surface area contributed by atoms with Crippen LogP contribution in [0, 0.1) is 6.92 Å². The van der Waals surface area contributed by atoms with Crippen molar-refractivity contribution in [2.75, 3.05) is 4.90 Å². The minimum absolute atomic E-state index is 0.113. The van der Waals surface area contributed by atoms with Gasteiger partial charge in [0.2, 0.25) is 0 Å². The third kappa shape index (κ3) is 4.78. The highest BCUT2D eigenvalue weighted by molar-refractivity contribution is 5.91. The quantitative estimate of drug-likeness (QED) is 0.168. The maximum Gasteiger partial charge on any atom is 0.0714 e. The third-order valence-corrected chi connectivity index (χ3v) is 12.0. The van der Waals surface area contributed by atoms with Gasteiger partial charge in [-0.2, -0.15) is 0 Å². The molecular weight excluding hydrogens is 651 g/mol. The molecule has 1 nitrogen and oxygen atoms in total. The van der Waals surface area contributed by atoms with Gasteiger partial charge >= 0.3 is 0 Å². The Morgan fingerprint density at radius 1 is 0.352 bits per heavy atom. The van der Waals surface area contributed by atoms with Crippen molar-refractivity contribution in [3.8, 4) is 33.4 Å². The number of fused-ring (bicyclic) bond motifs is 6. The number of nitrogens with zero attached hydrogens (tertiary/aromatic N) is 1. The predicted octanol–water partition coefficient (Wildman–Crippen LogP) is 13.8. The molecule has 10 rings (SSSR count). The first-order valence-corrected chi connectivity index (χ1v) is 19.0. The van der Waals surface area contributed by atoms with Gasteiger partial charge in [0.05, 0.1) is 5.41 Å². The second-order valence-electron chi connectivity index (χ2n) is 15.4. The minimum Gasteiger partial charge on any atom is -0.310 e. The van der Waals surface area contributed by atoms with Crippen LogP contribution in [0.3, 0.4) is 0 Å². The van der Waals surface area contributed by atoms with Crippen LogP contribution in [-0.4, -0.2) is 0 Å². The van der Waals surface area contributed by atoms with Crippen LogP contribution in [0.5, 0.6) is 0 Å². The summed E-state index contributed by atoms with van der Waals surface area (Å²) in [6.07, 6.45) is 0. The number of rotatable bonds is 6. The lowest BCUT2D eigenvalue weighted by atomic mass is 9.67. The predicted molar refractivity (Wildman–Crippen MR) is 226 cm³/mol. The molecule has 1 heteroatoms. The average molecular weight is 692 g/mol. The molecule has 0 bridgehead atoms. The fraction of sp³-hybridized carbons (Fsp3) is 0.0943. The second-order valence-corrected chi connectivity index (χ2v) is 15.4. The molecule has 2 aliphatic rings. The van der Waals surface area contributed by atoms with E-state index in [0.29, 0.717) is 0 Å². The van der Waals surface area contributed by atoms with E-state index in [1.807, 2.05) is 0 Å². The SMILES string of the molecule is Cc1ccc2c(c1)C(c1ccccc1)(c1ccccc1)c1cc(N(c3ccc(-c4ccccc4)cc3)c3ccc4c(c3)C(C)(C)c3ccccc3-4)ccc1-2. The van der Waals surface area contributed by atoms with Crippen molar-refractivity contribution in [1.29, 1.82) is 0 Å². The van der Waals surface area contributed by atoms with Crippen LogP contribution in [0.1, 0.15) is 52.8 Å². The Balaban J connectivity index is 1.22. The van der Waals surface area contributed by atoms with Crippen LogP contribution >= 0.6 is 0 Å². The summed E-state index contributed by atoms with van der Waals surface area (Å²) in [6, 6.07) is 72.1. The molecule has 0 radical (unpaired) electrons. The van der Waals surface area contributed by atoms with E-state index in [2.05, 4.69) is 220 Å². The Morgan fingerprint density at radius 3 is 1.43 bits per heavy atom. The van der Waals surface area contributed by atoms with Gasteiger partial charge in [0, 0.05) is 22.5 Å². The molecule has 0 atom stereocenters. The van der Waals surface area contributed by atoms with Crippen molar-refractivity contribution in [2.24, 2.45) is 0 Å². The first-order chi connectivity index (χ1) is 26.4. The lowest BCUT2D eigenvalue weighted by Gasteiger charge is -2.35. The van der Waals surface area contributed by atoms with Gasteiger partial charge in [-0.15, -0.1) is 0 Å². The van der Waals surface area contributed by atoms with Crippen LogP contribution in [0.25, 0.3) is 33.4 Å². The second kappa shape index (κ2) is 12.3. The molecule has 8 aromatic rings. The maximum atomic E-state index is 2.48. The van der Waals surface area contributed by atoms with Crippen molar-refractivity contribution in [3.05, 3.63) is 233 Å². The van der Waals surface area contributed by atoms with Crippen molar-refractivity contribution in [3.63, 3.8) is 0 Å². The van der Waals surface area contributed by atoms with E-state index in [1.54, 1.807) is 0 Å². The van der Waals surface area contributed by atoms with Gasteiger partial charge in [-0.3, -0.25) is 0 Å². The number of hydrogen-bond donors (Lipinski definition) is 0. The van der Waals surface area contributed by atoms with E-state index >= 15 is 0 Å². The summed E-state index contributed by atoms with van der Waals surface area (Å²) in [4.78, 5) is 2.46. The summed E-state index contributed by atoms with van der Waals surface area (Å²) < 4.78 is 0. The first-order valence-electron chi connectivity index (χ1n) is 19.0. The molecule has 0 saturated carbocycles. The molecule has 0 unspecified atom stereocenters. The number of benzene rings is 8. The van der Waals surface area contributed by atoms with E-state index < -0.39 is 5.41 Å². The molecule has 0 spiro atoms. The summed E-state index contributed by atoms with van der Waals surface area (Å²) in [7, 11) is 0. The van der Waals surface area contributed by atoms with Gasteiger partial charge in [0.15, 0.2) is 0 Å². The molecule has 0 aromatic heterocycles. The molecule has 0 fully saturated rings. The topological polar surface area (TPSA) is 3.24 Å². The van der Waals surface area contributed by atoms with Crippen molar-refractivity contribution < 1.29 is 0 Å². The van der Waals surface area contributed by atoms with E-state index in [-0.39, 0.29) is 5.41 Å². The standard InChI is InChI=1S/C53H41N/c1-36-23-30-46-47-32-29-43(35-51(47)53(50(46)33-36,39-17-9-5-10-18-39)40-19-11-6-12-20-40)54(41-26-24-38(25-27-41)37-15-7-4-8-16-37)42-28-31-45-44-21-13-14-22-48(44)52(2,3)49(45)34-42/h4-35H,1-3H3. The molecule has 0 amide bonds. The zero-order valence-electron chi connectivity index (χ0n) is 30.9. The van der Waals surface area contributed by atoms with Gasteiger partial charge in [-0.05, 0) is 110 Å². The van der Waals surface area contributed by atoms with E-state index in [0.717, 1.165) is 17.1 Å². The van der Waals surface area contributed by atoms with E-state index in [4.69, 9.17) is 0 Å². The minimum atomic E-state index is -0.486. The zero-order valence-corrected chi connectivity index (χ0v) is 30.9. The normalized spacial score (nSPS) is 14.1. The monoisotopic (exact) mass is 691 g/mol. The Morgan fingerprint density at radius 2 is 0.796 bits per heavy atom. The van der Waals surface area contributed by atoms with Crippen LogP contribution in [0.2, 0.25) is 0 Å². The Bertz CT molecular complexity index is 2630. The molecular formula is C53H41N. The van der Waals surface area contributed by atoms with Gasteiger partial charge in [0.1, 0.15) is 0 Å². The van der Waals surface area contributed by atoms with Crippen molar-refractivity contribution in [1.82, 2.24) is 0 Å². The highest BCUT2D eigenvalue weighted by Gasteiger charge is 2.46. The molecule has 0 saturated heterocycles. The first kappa shape index (κ1) is 32.2. The molecule has 54 heavy (non-hydrogen) atoms. The highest BCUT2D eigenvalue weighted by Crippen LogP contribution is 2.58. The molecule has 0 aliphatic heterocycles. The van der Waals surface area contributed by atoms with Gasteiger partial charge < -0.3 is 4.90 Å². The molecule has 0 heterocycles. The Labute approximate surface area is 318 Å². The molecule has 0 N–H and O–H groups in total. The smallest absolute Gasteiger partial charge is 0.0714 e. The summed E-state index contributed by atoms with van der Waals surface area (Å²) in [6.45, 7) is 6.94. The zero-order chi connectivity index (χ0) is 36.4. The van der Waals surface area contributed by atoms with Crippen molar-refractivity contribution >= 4 is 17.1 Å². The van der Waals surface area contributed by atoms with E-state index in [1.165, 1.54) is 72.3 Å². The third-order valence-electron chi connectivity index (χ3n) is 12.0. The van der Waals surface area contributed by atoms with Gasteiger partial charge in [0.25, 0.3) is 0 Å². The molecule has 8 aromatic carbocycles. The summed E-state index contributed by atoms with van der Waals surface area (Å²) >= 11 is 0. The fourth-order valence-corrected chi connectivity index (χ4v) is 9.44. The van der Waals surface area contributed by atoms with Crippen LogP contribution in [0.4, 0.5) is 17.1 Å². The molecule has 2 aliphatic carbocycles. The number of anilines is 3. The molecule has 258 valence electrons. The summed E-state index contributed by atoms with van der Waals surface area (Å²) in [5.41, 5.74) is 19.7. The summed E-state index contributed by atoms with van der Waals surface area (Å²) in [5, 5.41) is 0.